The van der Waals surface area contributed by atoms with E-state index >= 15 is 0 Å². The first-order chi connectivity index (χ1) is 9.52. The van der Waals surface area contributed by atoms with E-state index in [9.17, 15) is 4.79 Å². The minimum absolute atomic E-state index is 0.169. The molecule has 0 aliphatic heterocycles. The van der Waals surface area contributed by atoms with Crippen molar-refractivity contribution in [2.24, 2.45) is 0 Å². The minimum atomic E-state index is -0.226. The molecule has 2 aromatic rings. The first kappa shape index (κ1) is 14.3. The number of nitrogens with zero attached hydrogens (tertiary/aromatic N) is 2. The molecule has 4 nitrogen and oxygen atoms in total. The van der Waals surface area contributed by atoms with Gasteiger partial charge in [0.25, 0.3) is 5.91 Å². The van der Waals surface area contributed by atoms with Crippen LogP contribution in [0.5, 0.6) is 0 Å². The van der Waals surface area contributed by atoms with Crippen molar-refractivity contribution in [1.82, 2.24) is 9.88 Å². The molecule has 2 rings (SSSR count). The van der Waals surface area contributed by atoms with E-state index in [2.05, 4.69) is 4.98 Å². The van der Waals surface area contributed by atoms with Gasteiger partial charge in [-0.25, -0.2) is 4.98 Å². The average Bonchev–Trinajstić information content (AvgIpc) is 2.46. The number of halogens is 1. The predicted octanol–water partition coefficient (Wildman–Crippen LogP) is 3.15. The molecular formula is C15H16ClN3O. The molecule has 1 aromatic carbocycles. The number of rotatable bonds is 3. The van der Waals surface area contributed by atoms with E-state index in [1.807, 2.05) is 25.1 Å². The third kappa shape index (κ3) is 2.75. The van der Waals surface area contributed by atoms with Gasteiger partial charge < -0.3 is 10.6 Å². The zero-order valence-corrected chi connectivity index (χ0v) is 12.1. The second kappa shape index (κ2) is 5.92. The van der Waals surface area contributed by atoms with Crippen molar-refractivity contribution >= 4 is 23.2 Å². The SMILES string of the molecule is CC(c1ccccc1Cl)N(C)C(=O)c1ncccc1N. The Morgan fingerprint density at radius 2 is 2.00 bits per heavy atom. The number of benzene rings is 1. The van der Waals surface area contributed by atoms with Crippen LogP contribution in [-0.2, 0) is 0 Å². The first-order valence-corrected chi connectivity index (χ1v) is 6.62. The highest BCUT2D eigenvalue weighted by Gasteiger charge is 2.22. The molecule has 1 atom stereocenters. The van der Waals surface area contributed by atoms with E-state index in [1.54, 1.807) is 36.3 Å². The number of carbonyl (C=O) groups is 1. The van der Waals surface area contributed by atoms with Crippen LogP contribution in [0.4, 0.5) is 5.69 Å². The Labute approximate surface area is 123 Å². The van der Waals surface area contributed by atoms with Crippen molar-refractivity contribution in [3.63, 3.8) is 0 Å². The summed E-state index contributed by atoms with van der Waals surface area (Å²) < 4.78 is 0. The van der Waals surface area contributed by atoms with Crippen LogP contribution >= 0.6 is 11.6 Å². The third-order valence-electron chi connectivity index (χ3n) is 3.30. The molecule has 1 aromatic heterocycles. The van der Waals surface area contributed by atoms with Crippen molar-refractivity contribution in [3.05, 3.63) is 58.9 Å². The smallest absolute Gasteiger partial charge is 0.274 e. The van der Waals surface area contributed by atoms with E-state index in [4.69, 9.17) is 17.3 Å². The molecule has 0 bridgehead atoms. The zero-order valence-electron chi connectivity index (χ0n) is 11.4. The monoisotopic (exact) mass is 289 g/mol. The summed E-state index contributed by atoms with van der Waals surface area (Å²) in [6.07, 6.45) is 1.55. The Bertz CT molecular complexity index is 630. The summed E-state index contributed by atoms with van der Waals surface area (Å²) in [7, 11) is 1.71. The van der Waals surface area contributed by atoms with Crippen LogP contribution in [0.25, 0.3) is 0 Å². The molecule has 20 heavy (non-hydrogen) atoms. The molecule has 5 heteroatoms. The summed E-state index contributed by atoms with van der Waals surface area (Å²) >= 11 is 6.17. The lowest BCUT2D eigenvalue weighted by Gasteiger charge is -2.26. The van der Waals surface area contributed by atoms with Gasteiger partial charge in [-0.3, -0.25) is 4.79 Å². The quantitative estimate of drug-likeness (QED) is 0.944. The summed E-state index contributed by atoms with van der Waals surface area (Å²) in [5, 5.41) is 0.633. The van der Waals surface area contributed by atoms with Crippen molar-refractivity contribution in [3.8, 4) is 0 Å². The molecular weight excluding hydrogens is 274 g/mol. The van der Waals surface area contributed by atoms with Crippen LogP contribution in [-0.4, -0.2) is 22.8 Å². The summed E-state index contributed by atoms with van der Waals surface area (Å²) in [6, 6.07) is 10.7. The Balaban J connectivity index is 2.28. The lowest BCUT2D eigenvalue weighted by atomic mass is 10.1. The van der Waals surface area contributed by atoms with Gasteiger partial charge in [0.1, 0.15) is 0 Å². The molecule has 0 aliphatic rings. The van der Waals surface area contributed by atoms with Crippen LogP contribution in [0, 0.1) is 0 Å². The molecule has 0 saturated carbocycles. The van der Waals surface area contributed by atoms with E-state index in [1.165, 1.54) is 0 Å². The van der Waals surface area contributed by atoms with Crippen LogP contribution in [0.3, 0.4) is 0 Å². The van der Waals surface area contributed by atoms with Crippen molar-refractivity contribution < 1.29 is 4.79 Å². The maximum absolute atomic E-state index is 12.4. The van der Waals surface area contributed by atoms with Crippen molar-refractivity contribution in [2.45, 2.75) is 13.0 Å². The lowest BCUT2D eigenvalue weighted by molar-refractivity contribution is 0.0738. The average molecular weight is 290 g/mol. The summed E-state index contributed by atoms with van der Waals surface area (Å²) in [5.74, 6) is -0.226. The molecule has 0 fully saturated rings. The van der Waals surface area contributed by atoms with E-state index in [0.29, 0.717) is 10.7 Å². The number of aromatic nitrogens is 1. The largest absolute Gasteiger partial charge is 0.397 e. The second-order valence-electron chi connectivity index (χ2n) is 4.55. The normalized spacial score (nSPS) is 11.9. The zero-order chi connectivity index (χ0) is 14.7. The highest BCUT2D eigenvalue weighted by atomic mass is 35.5. The number of hydrogen-bond acceptors (Lipinski definition) is 3. The van der Waals surface area contributed by atoms with Gasteiger partial charge in [0.2, 0.25) is 0 Å². The van der Waals surface area contributed by atoms with Gasteiger partial charge in [-0.05, 0) is 30.7 Å². The molecule has 0 radical (unpaired) electrons. The molecule has 0 aliphatic carbocycles. The van der Waals surface area contributed by atoms with Gasteiger partial charge in [-0.2, -0.15) is 0 Å². The fourth-order valence-electron chi connectivity index (χ4n) is 1.96. The van der Waals surface area contributed by atoms with Crippen molar-refractivity contribution in [1.29, 1.82) is 0 Å². The van der Waals surface area contributed by atoms with Gasteiger partial charge >= 0.3 is 0 Å². The molecule has 0 spiro atoms. The standard InChI is InChI=1S/C15H16ClN3O/c1-10(11-6-3-4-7-12(11)16)19(2)15(20)14-13(17)8-5-9-18-14/h3-10H,17H2,1-2H3. The van der Waals surface area contributed by atoms with Crippen LogP contribution in [0.2, 0.25) is 5.02 Å². The van der Waals surface area contributed by atoms with Gasteiger partial charge in [-0.15, -0.1) is 0 Å². The van der Waals surface area contributed by atoms with Crippen LogP contribution in [0.1, 0.15) is 29.0 Å². The highest BCUT2D eigenvalue weighted by Crippen LogP contribution is 2.27. The second-order valence-corrected chi connectivity index (χ2v) is 4.96. The Morgan fingerprint density at radius 1 is 1.30 bits per heavy atom. The van der Waals surface area contributed by atoms with Crippen LogP contribution < -0.4 is 5.73 Å². The summed E-state index contributed by atoms with van der Waals surface area (Å²) in [6.45, 7) is 1.91. The van der Waals surface area contributed by atoms with Gasteiger partial charge in [0.15, 0.2) is 5.69 Å². The lowest BCUT2D eigenvalue weighted by Crippen LogP contribution is -2.31. The maximum atomic E-state index is 12.4. The van der Waals surface area contributed by atoms with E-state index in [0.717, 1.165) is 5.56 Å². The van der Waals surface area contributed by atoms with Crippen molar-refractivity contribution in [2.75, 3.05) is 12.8 Å². The number of nitrogen functional groups attached to an aromatic ring is 1. The van der Waals surface area contributed by atoms with E-state index in [-0.39, 0.29) is 17.6 Å². The van der Waals surface area contributed by atoms with Gasteiger partial charge in [0.05, 0.1) is 11.7 Å². The predicted molar refractivity (Wildman–Crippen MR) is 80.6 cm³/mol. The molecule has 1 heterocycles. The van der Waals surface area contributed by atoms with Crippen LogP contribution in [0.15, 0.2) is 42.6 Å². The molecule has 0 saturated heterocycles. The Morgan fingerprint density at radius 3 is 2.65 bits per heavy atom. The third-order valence-corrected chi connectivity index (χ3v) is 3.64. The number of pyridine rings is 1. The topological polar surface area (TPSA) is 59.2 Å². The summed E-state index contributed by atoms with van der Waals surface area (Å²) in [5.41, 5.74) is 7.31. The van der Waals surface area contributed by atoms with Gasteiger partial charge in [-0.1, -0.05) is 29.8 Å². The molecule has 1 amide bonds. The number of nitrogens with two attached hydrogens (primary N) is 1. The number of hydrogen-bond donors (Lipinski definition) is 1. The first-order valence-electron chi connectivity index (χ1n) is 6.24. The van der Waals surface area contributed by atoms with E-state index < -0.39 is 0 Å². The summed E-state index contributed by atoms with van der Waals surface area (Å²) in [4.78, 5) is 18.1. The number of anilines is 1. The fourth-order valence-corrected chi connectivity index (χ4v) is 2.26. The van der Waals surface area contributed by atoms with Gasteiger partial charge in [0, 0.05) is 18.3 Å². The Hall–Kier alpha value is -2.07. The number of carbonyl (C=O) groups excluding carboxylic acids is 1. The highest BCUT2D eigenvalue weighted by molar-refractivity contribution is 6.31. The fraction of sp³-hybridized carbons (Fsp3) is 0.200. The Kier molecular flexibility index (Phi) is 4.25. The minimum Gasteiger partial charge on any atom is -0.397 e. The molecule has 1 unspecified atom stereocenters. The molecule has 104 valence electrons. The molecule has 2 N–H and O–H groups in total. The number of amides is 1. The maximum Gasteiger partial charge on any atom is 0.274 e.